The van der Waals surface area contributed by atoms with E-state index in [2.05, 4.69) is 5.32 Å². The van der Waals surface area contributed by atoms with Crippen LogP contribution in [0.2, 0.25) is 0 Å². The van der Waals surface area contributed by atoms with Gasteiger partial charge in [0.15, 0.2) is 6.10 Å². The van der Waals surface area contributed by atoms with E-state index in [4.69, 9.17) is 18.9 Å². The second-order valence-electron chi connectivity index (χ2n) is 8.76. The van der Waals surface area contributed by atoms with Gasteiger partial charge < -0.3 is 24.3 Å². The first kappa shape index (κ1) is 23.6. The number of fused-ring (bicyclic) bond motifs is 1. The van der Waals surface area contributed by atoms with Gasteiger partial charge in [-0.05, 0) is 68.8 Å². The molecule has 34 heavy (non-hydrogen) atoms. The highest BCUT2D eigenvalue weighted by atomic mass is 16.6. The minimum absolute atomic E-state index is 0.378. The Morgan fingerprint density at radius 1 is 1.03 bits per heavy atom. The third-order valence-corrected chi connectivity index (χ3v) is 5.86. The van der Waals surface area contributed by atoms with Crippen molar-refractivity contribution < 1.29 is 23.7 Å². The largest absolute Gasteiger partial charge is 0.497 e. The molecule has 0 saturated carbocycles. The highest BCUT2D eigenvalue weighted by Crippen LogP contribution is 2.45. The molecule has 0 radical (unpaired) electrons. The highest BCUT2D eigenvalue weighted by molar-refractivity contribution is 5.89. The molecule has 0 fully saturated rings. The van der Waals surface area contributed by atoms with Crippen molar-refractivity contribution >= 4 is 11.7 Å². The Hall–Kier alpha value is -3.51. The Bertz CT molecular complexity index is 1110. The summed E-state index contributed by atoms with van der Waals surface area (Å²) < 4.78 is 24.0. The summed E-state index contributed by atoms with van der Waals surface area (Å²) in [6, 6.07) is 22.7. The first-order valence-corrected chi connectivity index (χ1v) is 11.5. The summed E-state index contributed by atoms with van der Waals surface area (Å²) in [5.41, 5.74) is 2.47. The zero-order valence-corrected chi connectivity index (χ0v) is 20.0. The molecular weight excluding hydrogens is 430 g/mol. The second kappa shape index (κ2) is 10.2. The molecule has 0 bridgehead atoms. The molecule has 0 aromatic heterocycles. The lowest BCUT2D eigenvalue weighted by Crippen LogP contribution is -2.51. The lowest BCUT2D eigenvalue weighted by atomic mass is 9.87. The van der Waals surface area contributed by atoms with Crippen molar-refractivity contribution in [1.82, 2.24) is 0 Å². The molecule has 0 saturated heterocycles. The van der Waals surface area contributed by atoms with Crippen LogP contribution in [0.4, 0.5) is 5.69 Å². The van der Waals surface area contributed by atoms with Crippen molar-refractivity contribution in [3.63, 3.8) is 0 Å². The lowest BCUT2D eigenvalue weighted by molar-refractivity contribution is -0.143. The number of carbonyl (C=O) groups is 1. The molecule has 3 aromatic carbocycles. The maximum Gasteiger partial charge on any atom is 0.338 e. The van der Waals surface area contributed by atoms with Crippen LogP contribution in [0.5, 0.6) is 11.5 Å². The average Bonchev–Trinajstić information content (AvgIpc) is 2.85. The topological polar surface area (TPSA) is 66.0 Å². The molecule has 0 spiro atoms. The molecule has 6 heteroatoms. The SMILES string of the molecule is CCNc1ccc2c(c1)C(OCc1ccccc1)C(OC(=O)c1ccc(OC)cc1)C(C)(C)O2. The molecule has 2 unspecified atom stereocenters. The van der Waals surface area contributed by atoms with Gasteiger partial charge >= 0.3 is 5.97 Å². The fourth-order valence-electron chi connectivity index (χ4n) is 4.10. The standard InChI is InChI=1S/C28H31NO5/c1-5-29-21-13-16-24-23(17-21)25(32-18-19-9-7-6-8-10-19)26(28(2,3)34-24)33-27(30)20-11-14-22(31-4)15-12-20/h6-17,25-26,29H,5,18H2,1-4H3. The Morgan fingerprint density at radius 2 is 1.76 bits per heavy atom. The van der Waals surface area contributed by atoms with Gasteiger partial charge in [0.25, 0.3) is 0 Å². The zero-order valence-electron chi connectivity index (χ0n) is 20.0. The Kier molecular flexibility index (Phi) is 7.08. The predicted octanol–water partition coefficient (Wildman–Crippen LogP) is 5.78. The van der Waals surface area contributed by atoms with Crippen molar-refractivity contribution in [3.8, 4) is 11.5 Å². The molecule has 6 nitrogen and oxygen atoms in total. The molecule has 178 valence electrons. The Balaban J connectivity index is 1.67. The van der Waals surface area contributed by atoms with E-state index >= 15 is 0 Å². The molecule has 1 N–H and O–H groups in total. The maximum atomic E-state index is 13.1. The number of benzene rings is 3. The number of esters is 1. The summed E-state index contributed by atoms with van der Waals surface area (Å²) in [6.45, 7) is 7.04. The van der Waals surface area contributed by atoms with Crippen LogP contribution in [0.15, 0.2) is 72.8 Å². The van der Waals surface area contributed by atoms with Gasteiger partial charge in [-0.3, -0.25) is 0 Å². The molecule has 0 aliphatic carbocycles. The van der Waals surface area contributed by atoms with Crippen LogP contribution in [-0.4, -0.2) is 31.3 Å². The minimum atomic E-state index is -0.809. The highest BCUT2D eigenvalue weighted by Gasteiger charge is 2.47. The molecule has 1 heterocycles. The summed E-state index contributed by atoms with van der Waals surface area (Å²) in [4.78, 5) is 13.1. The van der Waals surface area contributed by atoms with E-state index in [9.17, 15) is 4.79 Å². The average molecular weight is 462 g/mol. The van der Waals surface area contributed by atoms with Crippen LogP contribution in [0.3, 0.4) is 0 Å². The van der Waals surface area contributed by atoms with Gasteiger partial charge in [0.2, 0.25) is 0 Å². The van der Waals surface area contributed by atoms with E-state index in [-0.39, 0.29) is 0 Å². The van der Waals surface area contributed by atoms with Crippen LogP contribution >= 0.6 is 0 Å². The lowest BCUT2D eigenvalue weighted by Gasteiger charge is -2.43. The fourth-order valence-corrected chi connectivity index (χ4v) is 4.10. The van der Waals surface area contributed by atoms with E-state index in [1.165, 1.54) is 0 Å². The minimum Gasteiger partial charge on any atom is -0.497 e. The summed E-state index contributed by atoms with van der Waals surface area (Å²) in [6.07, 6.45) is -1.19. The zero-order chi connectivity index (χ0) is 24.1. The van der Waals surface area contributed by atoms with Gasteiger partial charge in [0.1, 0.15) is 23.2 Å². The number of anilines is 1. The monoisotopic (exact) mass is 461 g/mol. The van der Waals surface area contributed by atoms with Crippen molar-refractivity contribution in [2.45, 2.75) is 45.2 Å². The van der Waals surface area contributed by atoms with Gasteiger partial charge in [-0.15, -0.1) is 0 Å². The Labute approximate surface area is 200 Å². The van der Waals surface area contributed by atoms with Crippen molar-refractivity contribution in [2.75, 3.05) is 19.0 Å². The number of hydrogen-bond acceptors (Lipinski definition) is 6. The van der Waals surface area contributed by atoms with Crippen LogP contribution in [0.1, 0.15) is 48.4 Å². The molecular formula is C28H31NO5. The van der Waals surface area contributed by atoms with Crippen LogP contribution < -0.4 is 14.8 Å². The van der Waals surface area contributed by atoms with E-state index < -0.39 is 23.8 Å². The number of nitrogens with one attached hydrogen (secondary N) is 1. The summed E-state index contributed by atoms with van der Waals surface area (Å²) >= 11 is 0. The van der Waals surface area contributed by atoms with E-state index in [0.717, 1.165) is 29.1 Å². The smallest absolute Gasteiger partial charge is 0.338 e. The van der Waals surface area contributed by atoms with Gasteiger partial charge in [0, 0.05) is 17.8 Å². The van der Waals surface area contributed by atoms with Crippen LogP contribution in [0.25, 0.3) is 0 Å². The molecule has 0 amide bonds. The second-order valence-corrected chi connectivity index (χ2v) is 8.76. The van der Waals surface area contributed by atoms with Gasteiger partial charge in [-0.25, -0.2) is 4.79 Å². The molecule has 4 rings (SSSR count). The molecule has 1 aliphatic rings. The van der Waals surface area contributed by atoms with E-state index in [1.54, 1.807) is 31.4 Å². The number of rotatable bonds is 8. The number of hydrogen-bond donors (Lipinski definition) is 1. The fraction of sp³-hybridized carbons (Fsp3) is 0.321. The summed E-state index contributed by atoms with van der Waals surface area (Å²) in [5, 5.41) is 3.33. The summed E-state index contributed by atoms with van der Waals surface area (Å²) in [7, 11) is 1.59. The molecule has 1 aliphatic heterocycles. The third-order valence-electron chi connectivity index (χ3n) is 5.86. The molecule has 3 aromatic rings. The number of methoxy groups -OCH3 is 1. The van der Waals surface area contributed by atoms with Crippen LogP contribution in [-0.2, 0) is 16.1 Å². The van der Waals surface area contributed by atoms with Crippen molar-refractivity contribution in [1.29, 1.82) is 0 Å². The van der Waals surface area contributed by atoms with Gasteiger partial charge in [0.05, 0.1) is 19.3 Å². The number of carbonyl (C=O) groups excluding carboxylic acids is 1. The Morgan fingerprint density at radius 3 is 2.44 bits per heavy atom. The number of ether oxygens (including phenoxy) is 4. The van der Waals surface area contributed by atoms with Crippen molar-refractivity contribution in [3.05, 3.63) is 89.5 Å². The van der Waals surface area contributed by atoms with Crippen molar-refractivity contribution in [2.24, 2.45) is 0 Å². The predicted molar refractivity (Wildman–Crippen MR) is 131 cm³/mol. The van der Waals surface area contributed by atoms with Crippen LogP contribution in [0, 0.1) is 0 Å². The normalized spacial score (nSPS) is 18.4. The first-order valence-electron chi connectivity index (χ1n) is 11.5. The van der Waals surface area contributed by atoms with E-state index in [1.807, 2.05) is 69.3 Å². The first-order chi connectivity index (χ1) is 16.4. The molecule has 2 atom stereocenters. The maximum absolute atomic E-state index is 13.1. The summed E-state index contributed by atoms with van der Waals surface area (Å²) in [5.74, 6) is 0.956. The van der Waals surface area contributed by atoms with E-state index in [0.29, 0.717) is 17.9 Å². The van der Waals surface area contributed by atoms with Gasteiger partial charge in [-0.1, -0.05) is 30.3 Å². The van der Waals surface area contributed by atoms with Gasteiger partial charge in [-0.2, -0.15) is 0 Å². The third kappa shape index (κ3) is 5.18. The quantitative estimate of drug-likeness (QED) is 0.429.